The Hall–Kier alpha value is -1.80. The van der Waals surface area contributed by atoms with Crippen LogP contribution in [0.15, 0.2) is 48.5 Å². The van der Waals surface area contributed by atoms with Crippen LogP contribution in [0.1, 0.15) is 11.1 Å². The molecule has 0 spiro atoms. The van der Waals surface area contributed by atoms with Crippen molar-refractivity contribution < 1.29 is 0 Å². The molecule has 1 aliphatic heterocycles. The van der Waals surface area contributed by atoms with E-state index in [9.17, 15) is 0 Å². The van der Waals surface area contributed by atoms with Gasteiger partial charge >= 0.3 is 0 Å². The first-order chi connectivity index (χ1) is 9.24. The number of rotatable bonds is 1. The lowest BCUT2D eigenvalue weighted by Crippen LogP contribution is -2.33. The molecule has 3 rings (SSSR count). The maximum Gasteiger partial charge on any atom is 0.0417 e. The summed E-state index contributed by atoms with van der Waals surface area (Å²) in [5.41, 5.74) is 5.27. The number of para-hydroxylation sites is 2. The molecule has 1 aliphatic rings. The van der Waals surface area contributed by atoms with E-state index in [1.807, 2.05) is 0 Å². The lowest BCUT2D eigenvalue weighted by molar-refractivity contribution is 0.289. The predicted molar refractivity (Wildman–Crippen MR) is 81.0 cm³/mol. The summed E-state index contributed by atoms with van der Waals surface area (Å²) in [6.07, 6.45) is 2.18. The molecule has 0 fully saturated rings. The number of nitrogens with zero attached hydrogens (tertiary/aromatic N) is 1. The SMILES string of the molecule is CN(C)C1Cc2ccccc2Nc2ccccc2C1. The zero-order valence-electron chi connectivity index (χ0n) is 11.6. The van der Waals surface area contributed by atoms with Crippen LogP contribution in [0.4, 0.5) is 11.4 Å². The van der Waals surface area contributed by atoms with E-state index in [1.165, 1.54) is 22.5 Å². The Morgan fingerprint density at radius 2 is 1.32 bits per heavy atom. The Balaban J connectivity index is 2.07. The lowest BCUT2D eigenvalue weighted by Gasteiger charge is -2.29. The third kappa shape index (κ3) is 2.49. The van der Waals surface area contributed by atoms with E-state index in [4.69, 9.17) is 0 Å². The van der Waals surface area contributed by atoms with Gasteiger partial charge in [-0.05, 0) is 50.2 Å². The fraction of sp³-hybridized carbons (Fsp3) is 0.294. The van der Waals surface area contributed by atoms with Gasteiger partial charge in [0.25, 0.3) is 0 Å². The van der Waals surface area contributed by atoms with E-state index in [-0.39, 0.29) is 0 Å². The first-order valence-electron chi connectivity index (χ1n) is 6.83. The number of likely N-dealkylation sites (N-methyl/N-ethyl adjacent to an activating group) is 1. The van der Waals surface area contributed by atoms with Crippen molar-refractivity contribution in [3.8, 4) is 0 Å². The Morgan fingerprint density at radius 3 is 1.79 bits per heavy atom. The van der Waals surface area contributed by atoms with Crippen LogP contribution in [0, 0.1) is 0 Å². The summed E-state index contributed by atoms with van der Waals surface area (Å²) in [4.78, 5) is 2.33. The average Bonchev–Trinajstić information content (AvgIpc) is 2.38. The molecule has 0 aromatic heterocycles. The molecule has 1 N–H and O–H groups in total. The maximum absolute atomic E-state index is 3.58. The number of nitrogens with one attached hydrogen (secondary N) is 1. The van der Waals surface area contributed by atoms with Crippen molar-refractivity contribution in [2.24, 2.45) is 0 Å². The van der Waals surface area contributed by atoms with E-state index in [2.05, 4.69) is 72.8 Å². The van der Waals surface area contributed by atoms with E-state index < -0.39 is 0 Å². The van der Waals surface area contributed by atoms with Gasteiger partial charge in [0.15, 0.2) is 0 Å². The highest BCUT2D eigenvalue weighted by Crippen LogP contribution is 2.29. The Kier molecular flexibility index (Phi) is 3.26. The van der Waals surface area contributed by atoms with Gasteiger partial charge in [0.2, 0.25) is 0 Å². The summed E-state index contributed by atoms with van der Waals surface area (Å²) in [6.45, 7) is 0. The van der Waals surface area contributed by atoms with Gasteiger partial charge in [-0.2, -0.15) is 0 Å². The lowest BCUT2D eigenvalue weighted by atomic mass is 9.94. The minimum atomic E-state index is 0.546. The molecule has 2 nitrogen and oxygen atoms in total. The van der Waals surface area contributed by atoms with Crippen molar-refractivity contribution in [1.29, 1.82) is 0 Å². The zero-order chi connectivity index (χ0) is 13.2. The number of benzene rings is 2. The molecule has 98 valence electrons. The normalized spacial score (nSPS) is 15.1. The van der Waals surface area contributed by atoms with Crippen LogP contribution in [0.25, 0.3) is 0 Å². The number of hydrogen-bond donors (Lipinski definition) is 1. The number of fused-ring (bicyclic) bond motifs is 2. The molecule has 0 unspecified atom stereocenters. The molecule has 0 amide bonds. The third-order valence-corrected chi connectivity index (χ3v) is 3.95. The van der Waals surface area contributed by atoms with Gasteiger partial charge in [0, 0.05) is 17.4 Å². The molecular formula is C17H20N2. The molecule has 2 heteroatoms. The van der Waals surface area contributed by atoms with Crippen molar-refractivity contribution in [2.75, 3.05) is 19.4 Å². The monoisotopic (exact) mass is 252 g/mol. The van der Waals surface area contributed by atoms with Gasteiger partial charge in [0.05, 0.1) is 0 Å². The van der Waals surface area contributed by atoms with Gasteiger partial charge in [-0.1, -0.05) is 36.4 Å². The molecule has 1 heterocycles. The second-order valence-electron chi connectivity index (χ2n) is 5.46. The van der Waals surface area contributed by atoms with E-state index in [0.717, 1.165) is 12.8 Å². The second-order valence-corrected chi connectivity index (χ2v) is 5.46. The van der Waals surface area contributed by atoms with Gasteiger partial charge < -0.3 is 10.2 Å². The minimum absolute atomic E-state index is 0.546. The van der Waals surface area contributed by atoms with Crippen LogP contribution in [0.5, 0.6) is 0 Å². The Labute approximate surface area is 115 Å². The van der Waals surface area contributed by atoms with E-state index in [1.54, 1.807) is 0 Å². The topological polar surface area (TPSA) is 15.3 Å². The second kappa shape index (κ2) is 5.06. The van der Waals surface area contributed by atoms with Gasteiger partial charge in [-0.3, -0.25) is 0 Å². The summed E-state index contributed by atoms with van der Waals surface area (Å²) in [5, 5.41) is 3.58. The van der Waals surface area contributed by atoms with Gasteiger partial charge in [-0.25, -0.2) is 0 Å². The molecule has 2 aromatic rings. The van der Waals surface area contributed by atoms with Crippen LogP contribution in [-0.4, -0.2) is 25.0 Å². The van der Waals surface area contributed by atoms with Crippen LogP contribution < -0.4 is 5.32 Å². The minimum Gasteiger partial charge on any atom is -0.355 e. The highest BCUT2D eigenvalue weighted by atomic mass is 15.1. The van der Waals surface area contributed by atoms with E-state index in [0.29, 0.717) is 6.04 Å². The van der Waals surface area contributed by atoms with Crippen molar-refractivity contribution in [2.45, 2.75) is 18.9 Å². The van der Waals surface area contributed by atoms with Crippen molar-refractivity contribution in [3.05, 3.63) is 59.7 Å². The molecule has 0 bridgehead atoms. The zero-order valence-corrected chi connectivity index (χ0v) is 11.6. The van der Waals surface area contributed by atoms with Gasteiger partial charge in [0.1, 0.15) is 0 Å². The van der Waals surface area contributed by atoms with Crippen molar-refractivity contribution >= 4 is 11.4 Å². The predicted octanol–water partition coefficient (Wildman–Crippen LogP) is 3.46. The fourth-order valence-corrected chi connectivity index (χ4v) is 2.73. The standard InChI is InChI=1S/C17H20N2/c1-19(2)15-11-13-7-3-5-9-16(13)18-17-10-6-4-8-14(17)12-15/h3-10,15,18H,11-12H2,1-2H3. The summed E-state index contributed by atoms with van der Waals surface area (Å²) < 4.78 is 0. The summed E-state index contributed by atoms with van der Waals surface area (Å²) in [6, 6.07) is 17.8. The maximum atomic E-state index is 3.58. The largest absolute Gasteiger partial charge is 0.355 e. The fourth-order valence-electron chi connectivity index (χ4n) is 2.73. The van der Waals surface area contributed by atoms with E-state index >= 15 is 0 Å². The summed E-state index contributed by atoms with van der Waals surface area (Å²) >= 11 is 0. The molecule has 19 heavy (non-hydrogen) atoms. The van der Waals surface area contributed by atoms with Crippen molar-refractivity contribution in [3.63, 3.8) is 0 Å². The van der Waals surface area contributed by atoms with Gasteiger partial charge in [-0.15, -0.1) is 0 Å². The Bertz CT molecular complexity index is 527. The number of hydrogen-bond acceptors (Lipinski definition) is 2. The Morgan fingerprint density at radius 1 is 0.842 bits per heavy atom. The highest BCUT2D eigenvalue weighted by Gasteiger charge is 2.19. The summed E-state index contributed by atoms with van der Waals surface area (Å²) in [7, 11) is 4.34. The van der Waals surface area contributed by atoms with Crippen LogP contribution in [-0.2, 0) is 12.8 Å². The van der Waals surface area contributed by atoms with Crippen molar-refractivity contribution in [1.82, 2.24) is 4.90 Å². The average molecular weight is 252 g/mol. The molecule has 0 atom stereocenters. The van der Waals surface area contributed by atoms with Crippen LogP contribution >= 0.6 is 0 Å². The molecular weight excluding hydrogens is 232 g/mol. The quantitative estimate of drug-likeness (QED) is 0.836. The molecule has 0 saturated heterocycles. The molecule has 0 aliphatic carbocycles. The number of anilines is 2. The smallest absolute Gasteiger partial charge is 0.0417 e. The molecule has 0 saturated carbocycles. The van der Waals surface area contributed by atoms with Crippen LogP contribution in [0.2, 0.25) is 0 Å². The van der Waals surface area contributed by atoms with Crippen LogP contribution in [0.3, 0.4) is 0 Å². The summed E-state index contributed by atoms with van der Waals surface area (Å²) in [5.74, 6) is 0. The first-order valence-corrected chi connectivity index (χ1v) is 6.83. The molecule has 0 radical (unpaired) electrons. The molecule has 2 aromatic carbocycles. The third-order valence-electron chi connectivity index (χ3n) is 3.95. The highest BCUT2D eigenvalue weighted by molar-refractivity contribution is 5.67. The first kappa shape index (κ1) is 12.2.